The van der Waals surface area contributed by atoms with Gasteiger partial charge in [0.05, 0.1) is 11.7 Å². The third kappa shape index (κ3) is 2.71. The van der Waals surface area contributed by atoms with Crippen LogP contribution in [0.5, 0.6) is 0 Å². The van der Waals surface area contributed by atoms with Gasteiger partial charge in [0, 0.05) is 25.2 Å². The van der Waals surface area contributed by atoms with Gasteiger partial charge >= 0.3 is 0 Å². The molecular weight excluding hydrogens is 356 g/mol. The number of nitrogens with two attached hydrogens (primary N) is 1. The number of hydroxylamine groups is 1. The minimum Gasteiger partial charge on any atom is -0.402 e. The van der Waals surface area contributed by atoms with Crippen LogP contribution in [0.2, 0.25) is 0 Å². The molecule has 0 spiro atoms. The molecule has 0 bridgehead atoms. The summed E-state index contributed by atoms with van der Waals surface area (Å²) in [4.78, 5) is 19.3. The largest absolute Gasteiger partial charge is 0.402 e. The first-order valence-corrected chi connectivity index (χ1v) is 9.67. The van der Waals surface area contributed by atoms with Crippen molar-refractivity contribution < 1.29 is 9.63 Å². The van der Waals surface area contributed by atoms with Crippen LogP contribution in [0.15, 0.2) is 48.4 Å². The van der Waals surface area contributed by atoms with Crippen molar-refractivity contribution in [2.75, 3.05) is 20.1 Å². The van der Waals surface area contributed by atoms with E-state index in [2.05, 4.69) is 33.9 Å². The van der Waals surface area contributed by atoms with Gasteiger partial charge in [-0.3, -0.25) is 4.79 Å². The molecule has 1 aromatic heterocycles. The zero-order valence-corrected chi connectivity index (χ0v) is 15.8. The smallest absolute Gasteiger partial charge is 0.286 e. The van der Waals surface area contributed by atoms with E-state index in [4.69, 9.17) is 10.6 Å². The third-order valence-electron chi connectivity index (χ3n) is 6.32. The summed E-state index contributed by atoms with van der Waals surface area (Å²) in [5, 5.41) is 8.75. The maximum atomic E-state index is 11.6. The van der Waals surface area contributed by atoms with E-state index in [1.165, 1.54) is 0 Å². The van der Waals surface area contributed by atoms with Crippen LogP contribution < -0.4 is 11.2 Å². The molecule has 1 saturated heterocycles. The summed E-state index contributed by atoms with van der Waals surface area (Å²) >= 11 is 0. The molecule has 146 valence electrons. The Morgan fingerprint density at radius 1 is 1.29 bits per heavy atom. The average Bonchev–Trinajstić information content (AvgIpc) is 3.27. The van der Waals surface area contributed by atoms with Crippen LogP contribution in [-0.2, 0) is 15.2 Å². The number of hydrogen-bond acceptors (Lipinski definition) is 6. The average molecular weight is 380 g/mol. The van der Waals surface area contributed by atoms with Crippen LogP contribution >= 0.6 is 0 Å². The van der Waals surface area contributed by atoms with E-state index in [-0.39, 0.29) is 11.7 Å². The van der Waals surface area contributed by atoms with Gasteiger partial charge < -0.3 is 15.5 Å². The fourth-order valence-electron chi connectivity index (χ4n) is 4.54. The molecule has 3 heterocycles. The molecule has 3 aliphatic rings. The normalized spacial score (nSPS) is 30.2. The van der Waals surface area contributed by atoms with E-state index >= 15 is 0 Å². The van der Waals surface area contributed by atoms with Crippen molar-refractivity contribution in [1.82, 2.24) is 25.4 Å². The lowest BCUT2D eigenvalue weighted by molar-refractivity contribution is -0.119. The minimum absolute atomic E-state index is 0.171. The maximum absolute atomic E-state index is 11.6. The molecule has 2 aliphatic heterocycles. The molecule has 0 radical (unpaired) electrons. The summed E-state index contributed by atoms with van der Waals surface area (Å²) in [6.45, 7) is 2.09. The molecular formula is C20H24N6O2. The number of primary amides is 1. The molecule has 1 amide bonds. The van der Waals surface area contributed by atoms with Gasteiger partial charge in [0.1, 0.15) is 5.54 Å². The van der Waals surface area contributed by atoms with E-state index in [0.717, 1.165) is 37.2 Å². The summed E-state index contributed by atoms with van der Waals surface area (Å²) in [5.74, 6) is 0.368. The summed E-state index contributed by atoms with van der Waals surface area (Å²) < 4.78 is 2.00. The number of aromatic nitrogens is 3. The zero-order chi connectivity index (χ0) is 19.3. The minimum atomic E-state index is -0.562. The predicted octanol–water partition coefficient (Wildman–Crippen LogP) is 1.06. The van der Waals surface area contributed by atoms with Gasteiger partial charge in [0.25, 0.3) is 5.91 Å². The molecule has 8 nitrogen and oxygen atoms in total. The van der Waals surface area contributed by atoms with Crippen LogP contribution in [0.4, 0.5) is 0 Å². The van der Waals surface area contributed by atoms with Crippen molar-refractivity contribution in [3.8, 4) is 0 Å². The van der Waals surface area contributed by atoms with E-state index in [0.29, 0.717) is 12.0 Å². The Labute approximate surface area is 163 Å². The molecule has 1 aliphatic carbocycles. The van der Waals surface area contributed by atoms with E-state index < -0.39 is 11.4 Å². The molecule has 5 rings (SSSR count). The Kier molecular flexibility index (Phi) is 3.99. The van der Waals surface area contributed by atoms with Gasteiger partial charge in [0.15, 0.2) is 0 Å². The Morgan fingerprint density at radius 2 is 2.04 bits per heavy atom. The van der Waals surface area contributed by atoms with E-state index in [1.54, 1.807) is 0 Å². The number of hydrogen-bond donors (Lipinski definition) is 2. The summed E-state index contributed by atoms with van der Waals surface area (Å²) in [5.41, 5.74) is 10.1. The first kappa shape index (κ1) is 17.4. The number of likely N-dealkylation sites (N-methyl/N-ethyl adjacent to an activating group) is 1. The number of likely N-dealkylation sites (tertiary alicyclic amines) is 1. The van der Waals surface area contributed by atoms with Crippen molar-refractivity contribution in [2.24, 2.45) is 11.7 Å². The quantitative estimate of drug-likeness (QED) is 0.805. The molecule has 0 unspecified atom stereocenters. The molecule has 28 heavy (non-hydrogen) atoms. The number of amides is 1. The summed E-state index contributed by atoms with van der Waals surface area (Å²) in [7, 11) is 2.12. The first-order valence-electron chi connectivity index (χ1n) is 9.67. The van der Waals surface area contributed by atoms with Crippen molar-refractivity contribution in [3.63, 3.8) is 0 Å². The lowest BCUT2D eigenvalue weighted by Gasteiger charge is -2.45. The Balaban J connectivity index is 1.35. The Morgan fingerprint density at radius 3 is 2.68 bits per heavy atom. The second kappa shape index (κ2) is 6.42. The van der Waals surface area contributed by atoms with Crippen LogP contribution in [0.25, 0.3) is 0 Å². The highest BCUT2D eigenvalue weighted by atomic mass is 16.7. The van der Waals surface area contributed by atoms with Crippen LogP contribution in [0, 0.1) is 5.92 Å². The van der Waals surface area contributed by atoms with Crippen molar-refractivity contribution in [3.05, 3.63) is 59.6 Å². The van der Waals surface area contributed by atoms with Crippen molar-refractivity contribution in [1.29, 1.82) is 0 Å². The number of nitrogens with zero attached hydrogens (tertiary/aromatic N) is 4. The van der Waals surface area contributed by atoms with Gasteiger partial charge in [-0.15, -0.1) is 10.6 Å². The Hall–Kier alpha value is -2.71. The second-order valence-electron chi connectivity index (χ2n) is 8.18. The summed E-state index contributed by atoms with van der Waals surface area (Å²) in [6.07, 6.45) is 5.77. The molecule has 1 aromatic carbocycles. The van der Waals surface area contributed by atoms with Crippen LogP contribution in [0.3, 0.4) is 0 Å². The Bertz CT molecular complexity index is 914. The fraction of sp³-hybridized carbons (Fsp3) is 0.450. The van der Waals surface area contributed by atoms with Crippen molar-refractivity contribution >= 4 is 5.91 Å². The standard InChI is InChI=1S/C20H24N6O2/c1-25-10-13(11-25)17-12-26(24-22-17)16-7-15(8-16)20(14-5-3-2-4-6-14)9-18(19(21)27)28-23-20/h2-6,9,12-13,15-16,23H,7-8,10-11H2,1H3,(H2,21,27)/t15?,16?,20-/m0/s1. The molecule has 3 N–H and O–H groups in total. The molecule has 8 heteroatoms. The highest BCUT2D eigenvalue weighted by molar-refractivity contribution is 5.90. The van der Waals surface area contributed by atoms with Crippen LogP contribution in [-0.4, -0.2) is 45.9 Å². The number of carbonyl (C=O) groups excluding carboxylic acids is 1. The van der Waals surface area contributed by atoms with E-state index in [9.17, 15) is 4.79 Å². The van der Waals surface area contributed by atoms with Gasteiger partial charge in [-0.1, -0.05) is 35.5 Å². The number of nitrogens with one attached hydrogen (secondary N) is 1. The lowest BCUT2D eigenvalue weighted by atomic mass is 9.65. The SMILES string of the molecule is CN1CC(c2cn(C3CC([C@@]4(c5ccccc5)C=C(C(N)=O)ON4)C3)nn2)C1. The molecule has 1 atom stereocenters. The highest BCUT2D eigenvalue weighted by Crippen LogP contribution is 2.50. The monoisotopic (exact) mass is 380 g/mol. The number of carbonyl (C=O) groups is 1. The number of benzene rings is 1. The van der Waals surface area contributed by atoms with Gasteiger partial charge in [-0.25, -0.2) is 4.68 Å². The van der Waals surface area contributed by atoms with Gasteiger partial charge in [0.2, 0.25) is 5.76 Å². The maximum Gasteiger partial charge on any atom is 0.286 e. The topological polar surface area (TPSA) is 98.3 Å². The molecule has 2 aromatic rings. The second-order valence-corrected chi connectivity index (χ2v) is 8.18. The lowest BCUT2D eigenvalue weighted by Crippen LogP contribution is -2.49. The molecule has 1 saturated carbocycles. The highest BCUT2D eigenvalue weighted by Gasteiger charge is 2.51. The van der Waals surface area contributed by atoms with Gasteiger partial charge in [-0.2, -0.15) is 0 Å². The fourth-order valence-corrected chi connectivity index (χ4v) is 4.54. The number of rotatable bonds is 5. The third-order valence-corrected chi connectivity index (χ3v) is 6.32. The summed E-state index contributed by atoms with van der Waals surface area (Å²) in [6, 6.07) is 10.4. The van der Waals surface area contributed by atoms with Crippen molar-refractivity contribution in [2.45, 2.75) is 30.3 Å². The van der Waals surface area contributed by atoms with Gasteiger partial charge in [-0.05, 0) is 37.4 Å². The molecule has 2 fully saturated rings. The van der Waals surface area contributed by atoms with E-state index in [1.807, 2.05) is 41.1 Å². The zero-order valence-electron chi connectivity index (χ0n) is 15.8. The first-order chi connectivity index (χ1) is 13.5. The van der Waals surface area contributed by atoms with Crippen LogP contribution in [0.1, 0.15) is 36.1 Å². The predicted molar refractivity (Wildman–Crippen MR) is 102 cm³/mol.